The van der Waals surface area contributed by atoms with Gasteiger partial charge in [-0.15, -0.1) is 0 Å². The van der Waals surface area contributed by atoms with E-state index in [4.69, 9.17) is 9.72 Å². The van der Waals surface area contributed by atoms with Crippen molar-refractivity contribution in [2.75, 3.05) is 7.11 Å². The number of nitrogens with one attached hydrogen (secondary N) is 1. The molecule has 5 heteroatoms. The number of hydrogen-bond acceptors (Lipinski definition) is 4. The molecular formula is C25H21N3O2. The summed E-state index contributed by atoms with van der Waals surface area (Å²) < 4.78 is 5.14. The SMILES string of the molecule is COc1ccc(C=NNC(=O)c2cc(-c3ccc(C)cc3)nc3ccccc23)cc1. The summed E-state index contributed by atoms with van der Waals surface area (Å²) in [5.41, 5.74) is 7.66. The Balaban J connectivity index is 1.63. The molecule has 0 atom stereocenters. The van der Waals surface area contributed by atoms with Crippen LogP contribution in [0.3, 0.4) is 0 Å². The fraction of sp³-hybridized carbons (Fsp3) is 0.0800. The van der Waals surface area contributed by atoms with Crippen LogP contribution in [0.5, 0.6) is 5.75 Å². The second kappa shape index (κ2) is 8.57. The van der Waals surface area contributed by atoms with Crippen molar-refractivity contribution < 1.29 is 9.53 Å². The maximum absolute atomic E-state index is 12.9. The number of nitrogens with zero attached hydrogens (tertiary/aromatic N) is 2. The Bertz CT molecular complexity index is 1210. The first-order valence-electron chi connectivity index (χ1n) is 9.58. The number of fused-ring (bicyclic) bond motifs is 1. The van der Waals surface area contributed by atoms with E-state index in [0.717, 1.165) is 33.5 Å². The number of amides is 1. The molecule has 30 heavy (non-hydrogen) atoms. The van der Waals surface area contributed by atoms with Gasteiger partial charge < -0.3 is 4.74 Å². The van der Waals surface area contributed by atoms with Gasteiger partial charge in [0.2, 0.25) is 0 Å². The molecule has 3 aromatic carbocycles. The van der Waals surface area contributed by atoms with Crippen molar-refractivity contribution in [3.8, 4) is 17.0 Å². The zero-order valence-corrected chi connectivity index (χ0v) is 16.8. The van der Waals surface area contributed by atoms with E-state index in [-0.39, 0.29) is 5.91 Å². The van der Waals surface area contributed by atoms with E-state index in [1.807, 2.05) is 85.8 Å². The molecule has 4 rings (SSSR count). The third kappa shape index (κ3) is 4.20. The molecule has 1 amide bonds. The van der Waals surface area contributed by atoms with Crippen molar-refractivity contribution in [2.24, 2.45) is 5.10 Å². The highest BCUT2D eigenvalue weighted by Crippen LogP contribution is 2.25. The van der Waals surface area contributed by atoms with Gasteiger partial charge in [-0.1, -0.05) is 48.0 Å². The van der Waals surface area contributed by atoms with Gasteiger partial charge in [0.1, 0.15) is 5.75 Å². The van der Waals surface area contributed by atoms with E-state index in [0.29, 0.717) is 5.56 Å². The molecule has 0 spiro atoms. The van der Waals surface area contributed by atoms with Crippen molar-refractivity contribution in [1.82, 2.24) is 10.4 Å². The second-order valence-electron chi connectivity index (χ2n) is 6.91. The van der Waals surface area contributed by atoms with Crippen LogP contribution in [-0.4, -0.2) is 24.2 Å². The van der Waals surface area contributed by atoms with Gasteiger partial charge in [0.15, 0.2) is 0 Å². The first-order chi connectivity index (χ1) is 14.6. The standard InChI is InChI=1S/C25H21N3O2/c1-17-7-11-19(12-8-17)24-15-22(21-5-3-4-6-23(21)27-24)25(29)28-26-16-18-9-13-20(30-2)14-10-18/h3-16H,1-2H3,(H,28,29). The van der Waals surface area contributed by atoms with Crippen LogP contribution < -0.4 is 10.2 Å². The number of rotatable bonds is 5. The fourth-order valence-electron chi connectivity index (χ4n) is 3.15. The molecule has 0 radical (unpaired) electrons. The van der Waals surface area contributed by atoms with Crippen molar-refractivity contribution in [3.63, 3.8) is 0 Å². The van der Waals surface area contributed by atoms with Gasteiger partial charge >= 0.3 is 0 Å². The Labute approximate surface area is 175 Å². The lowest BCUT2D eigenvalue weighted by Gasteiger charge is -2.09. The number of pyridine rings is 1. The summed E-state index contributed by atoms with van der Waals surface area (Å²) in [6.45, 7) is 2.04. The van der Waals surface area contributed by atoms with Crippen LogP contribution in [0.15, 0.2) is 84.0 Å². The van der Waals surface area contributed by atoms with E-state index >= 15 is 0 Å². The van der Waals surface area contributed by atoms with E-state index in [1.54, 1.807) is 13.3 Å². The number of carbonyl (C=O) groups is 1. The lowest BCUT2D eigenvalue weighted by atomic mass is 10.0. The summed E-state index contributed by atoms with van der Waals surface area (Å²) in [7, 11) is 1.62. The number of aromatic nitrogens is 1. The Morgan fingerprint density at radius 1 is 1.00 bits per heavy atom. The van der Waals surface area contributed by atoms with Crippen LogP contribution in [0.4, 0.5) is 0 Å². The number of benzene rings is 3. The number of para-hydroxylation sites is 1. The monoisotopic (exact) mass is 395 g/mol. The third-order valence-electron chi connectivity index (χ3n) is 4.80. The van der Waals surface area contributed by atoms with Crippen LogP contribution in [0, 0.1) is 6.92 Å². The lowest BCUT2D eigenvalue weighted by Crippen LogP contribution is -2.18. The molecule has 0 saturated carbocycles. The number of hydrazone groups is 1. The summed E-state index contributed by atoms with van der Waals surface area (Å²) in [5.74, 6) is 0.481. The largest absolute Gasteiger partial charge is 0.497 e. The quantitative estimate of drug-likeness (QED) is 0.383. The third-order valence-corrected chi connectivity index (χ3v) is 4.80. The first-order valence-corrected chi connectivity index (χ1v) is 9.58. The van der Waals surface area contributed by atoms with Crippen LogP contribution >= 0.6 is 0 Å². The molecule has 0 aliphatic rings. The van der Waals surface area contributed by atoms with Crippen LogP contribution in [0.2, 0.25) is 0 Å². The molecular weight excluding hydrogens is 374 g/mol. The van der Waals surface area contributed by atoms with Crippen molar-refractivity contribution in [3.05, 3.63) is 95.6 Å². The zero-order chi connectivity index (χ0) is 20.9. The molecule has 1 N–H and O–H groups in total. The average Bonchev–Trinajstić information content (AvgIpc) is 2.79. The molecule has 5 nitrogen and oxygen atoms in total. The summed E-state index contributed by atoms with van der Waals surface area (Å²) in [6, 6.07) is 24.9. The first kappa shape index (κ1) is 19.3. The molecule has 1 aromatic heterocycles. The Morgan fingerprint density at radius 3 is 2.47 bits per heavy atom. The number of hydrogen-bond donors (Lipinski definition) is 1. The fourth-order valence-corrected chi connectivity index (χ4v) is 3.15. The highest BCUT2D eigenvalue weighted by molar-refractivity contribution is 6.07. The molecule has 0 fully saturated rings. The lowest BCUT2D eigenvalue weighted by molar-refractivity contribution is 0.0956. The maximum Gasteiger partial charge on any atom is 0.272 e. The number of methoxy groups -OCH3 is 1. The molecule has 0 saturated heterocycles. The van der Waals surface area contributed by atoms with Crippen molar-refractivity contribution in [2.45, 2.75) is 6.92 Å². The highest BCUT2D eigenvalue weighted by atomic mass is 16.5. The minimum Gasteiger partial charge on any atom is -0.497 e. The minimum absolute atomic E-state index is 0.285. The van der Waals surface area contributed by atoms with Gasteiger partial charge in [-0.25, -0.2) is 10.4 Å². The van der Waals surface area contributed by atoms with Gasteiger partial charge in [-0.05, 0) is 48.9 Å². The second-order valence-corrected chi connectivity index (χ2v) is 6.91. The highest BCUT2D eigenvalue weighted by Gasteiger charge is 2.13. The Morgan fingerprint density at radius 2 is 1.73 bits per heavy atom. The molecule has 0 unspecified atom stereocenters. The Hall–Kier alpha value is -3.99. The summed E-state index contributed by atoms with van der Waals surface area (Å²) in [5, 5.41) is 4.89. The van der Waals surface area contributed by atoms with Crippen LogP contribution in [0.25, 0.3) is 22.2 Å². The van der Waals surface area contributed by atoms with Crippen LogP contribution in [0.1, 0.15) is 21.5 Å². The van der Waals surface area contributed by atoms with E-state index in [9.17, 15) is 4.79 Å². The predicted octanol–water partition coefficient (Wildman–Crippen LogP) is 4.98. The minimum atomic E-state index is -0.285. The molecule has 0 bridgehead atoms. The molecule has 1 heterocycles. The number of ether oxygens (including phenoxy) is 1. The van der Waals surface area contributed by atoms with Gasteiger partial charge in [-0.2, -0.15) is 5.10 Å². The van der Waals surface area contributed by atoms with Gasteiger partial charge in [0, 0.05) is 10.9 Å². The van der Waals surface area contributed by atoms with Gasteiger partial charge in [0.25, 0.3) is 5.91 Å². The molecule has 0 aliphatic carbocycles. The predicted molar refractivity (Wildman–Crippen MR) is 120 cm³/mol. The number of aryl methyl sites for hydroxylation is 1. The van der Waals surface area contributed by atoms with Crippen LogP contribution in [-0.2, 0) is 0 Å². The number of carbonyl (C=O) groups excluding carboxylic acids is 1. The van der Waals surface area contributed by atoms with Gasteiger partial charge in [-0.3, -0.25) is 4.79 Å². The molecule has 4 aromatic rings. The maximum atomic E-state index is 12.9. The molecule has 148 valence electrons. The smallest absolute Gasteiger partial charge is 0.272 e. The normalized spacial score (nSPS) is 11.0. The van der Waals surface area contributed by atoms with Crippen molar-refractivity contribution in [1.29, 1.82) is 0 Å². The van der Waals surface area contributed by atoms with Gasteiger partial charge in [0.05, 0.1) is 30.1 Å². The summed E-state index contributed by atoms with van der Waals surface area (Å²) >= 11 is 0. The summed E-state index contributed by atoms with van der Waals surface area (Å²) in [4.78, 5) is 17.6. The van der Waals surface area contributed by atoms with E-state index < -0.39 is 0 Å². The topological polar surface area (TPSA) is 63.6 Å². The zero-order valence-electron chi connectivity index (χ0n) is 16.8. The van der Waals surface area contributed by atoms with E-state index in [1.165, 1.54) is 5.56 Å². The van der Waals surface area contributed by atoms with Crippen molar-refractivity contribution >= 4 is 23.0 Å². The summed E-state index contributed by atoms with van der Waals surface area (Å²) in [6.07, 6.45) is 1.60. The Kier molecular flexibility index (Phi) is 5.52. The van der Waals surface area contributed by atoms with E-state index in [2.05, 4.69) is 10.5 Å². The average molecular weight is 395 g/mol. The molecule has 0 aliphatic heterocycles.